The van der Waals surface area contributed by atoms with E-state index >= 15 is 0 Å². The number of nitrogen functional groups attached to an aromatic ring is 1. The minimum Gasteiger partial charge on any atom is -0.369 e. The normalized spacial score (nSPS) is 18.2. The zero-order valence-corrected chi connectivity index (χ0v) is 11.8. The molecule has 0 bridgehead atoms. The molecule has 1 aliphatic rings. The summed E-state index contributed by atoms with van der Waals surface area (Å²) in [5.74, 6) is 0.510. The molecule has 6 heteroatoms. The Kier molecular flexibility index (Phi) is 3.33. The number of anilines is 1. The fourth-order valence-electron chi connectivity index (χ4n) is 2.75. The van der Waals surface area contributed by atoms with Crippen LogP contribution in [0.25, 0.3) is 11.2 Å². The maximum Gasteiger partial charge on any atom is 0.202 e. The number of nitrogens with two attached hydrogens (primary N) is 1. The highest BCUT2D eigenvalue weighted by atomic mass is 35.5. The molecule has 0 amide bonds. The molecule has 3 heterocycles. The molecular formula is C13H18ClN5. The van der Waals surface area contributed by atoms with E-state index in [2.05, 4.69) is 21.8 Å². The lowest BCUT2D eigenvalue weighted by Crippen LogP contribution is -2.34. The van der Waals surface area contributed by atoms with Gasteiger partial charge in [-0.15, -0.1) is 0 Å². The smallest absolute Gasteiger partial charge is 0.202 e. The van der Waals surface area contributed by atoms with Crippen LogP contribution in [-0.2, 0) is 6.54 Å². The van der Waals surface area contributed by atoms with Gasteiger partial charge in [-0.25, -0.2) is 9.97 Å². The highest BCUT2D eigenvalue weighted by Gasteiger charge is 2.20. The predicted octanol–water partition coefficient (Wildman–Crippen LogP) is 2.15. The molecule has 3 rings (SSSR count). The van der Waals surface area contributed by atoms with Crippen LogP contribution in [-0.4, -0.2) is 38.6 Å². The highest BCUT2D eigenvalue weighted by molar-refractivity contribution is 6.31. The molecule has 1 saturated heterocycles. The second-order valence-electron chi connectivity index (χ2n) is 5.17. The average Bonchev–Trinajstić information content (AvgIpc) is 2.98. The summed E-state index contributed by atoms with van der Waals surface area (Å²) in [7, 11) is 0. The van der Waals surface area contributed by atoms with Crippen LogP contribution >= 0.6 is 11.6 Å². The van der Waals surface area contributed by atoms with Crippen molar-refractivity contribution in [2.75, 3.05) is 18.8 Å². The van der Waals surface area contributed by atoms with E-state index in [1.165, 1.54) is 25.9 Å². The topological polar surface area (TPSA) is 60.0 Å². The Labute approximate surface area is 117 Å². The maximum atomic E-state index is 6.00. The minimum absolute atomic E-state index is 0.444. The van der Waals surface area contributed by atoms with Gasteiger partial charge in [0.05, 0.1) is 5.02 Å². The number of aromatic nitrogens is 3. The van der Waals surface area contributed by atoms with Crippen LogP contribution in [0.4, 0.5) is 5.95 Å². The van der Waals surface area contributed by atoms with Crippen molar-refractivity contribution in [3.63, 3.8) is 0 Å². The average molecular weight is 280 g/mol. The summed E-state index contributed by atoms with van der Waals surface area (Å²) in [6.45, 7) is 5.39. The molecule has 5 nitrogen and oxygen atoms in total. The Balaban J connectivity index is 1.89. The predicted molar refractivity (Wildman–Crippen MR) is 77.2 cm³/mol. The van der Waals surface area contributed by atoms with Crippen molar-refractivity contribution in [1.82, 2.24) is 19.4 Å². The third-order valence-electron chi connectivity index (χ3n) is 3.79. The molecule has 1 aliphatic heterocycles. The lowest BCUT2D eigenvalue weighted by Gasteiger charge is -2.24. The van der Waals surface area contributed by atoms with E-state index in [9.17, 15) is 0 Å². The molecule has 2 aromatic rings. The Morgan fingerprint density at radius 1 is 1.42 bits per heavy atom. The number of halogens is 1. The van der Waals surface area contributed by atoms with Gasteiger partial charge in [0.25, 0.3) is 0 Å². The van der Waals surface area contributed by atoms with Gasteiger partial charge in [-0.1, -0.05) is 11.6 Å². The van der Waals surface area contributed by atoms with Gasteiger partial charge < -0.3 is 5.73 Å². The largest absolute Gasteiger partial charge is 0.369 e. The van der Waals surface area contributed by atoms with Crippen LogP contribution in [0, 0.1) is 0 Å². The second kappa shape index (κ2) is 4.98. The molecule has 2 N–H and O–H groups in total. The number of pyridine rings is 1. The quantitative estimate of drug-likeness (QED) is 0.935. The molecule has 19 heavy (non-hydrogen) atoms. The van der Waals surface area contributed by atoms with Crippen molar-refractivity contribution in [1.29, 1.82) is 0 Å². The molecule has 1 fully saturated rings. The first-order valence-corrected chi connectivity index (χ1v) is 7.04. The van der Waals surface area contributed by atoms with E-state index < -0.39 is 0 Å². The summed E-state index contributed by atoms with van der Waals surface area (Å²) in [4.78, 5) is 11.2. The summed E-state index contributed by atoms with van der Waals surface area (Å²) in [6.07, 6.45) is 4.22. The number of nitrogens with zero attached hydrogens (tertiary/aromatic N) is 4. The molecule has 0 saturated carbocycles. The Morgan fingerprint density at radius 2 is 2.16 bits per heavy atom. The van der Waals surface area contributed by atoms with E-state index in [0.717, 1.165) is 17.7 Å². The van der Waals surface area contributed by atoms with Gasteiger partial charge in [0, 0.05) is 18.8 Å². The first-order valence-electron chi connectivity index (χ1n) is 6.66. The molecule has 2 aromatic heterocycles. The minimum atomic E-state index is 0.444. The van der Waals surface area contributed by atoms with Crippen LogP contribution in [0.15, 0.2) is 12.3 Å². The molecule has 0 aromatic carbocycles. The van der Waals surface area contributed by atoms with Gasteiger partial charge in [0.1, 0.15) is 5.52 Å². The fraction of sp³-hybridized carbons (Fsp3) is 0.538. The Bertz CT molecular complexity index is 588. The Hall–Kier alpha value is -1.33. The zero-order valence-electron chi connectivity index (χ0n) is 11.0. The van der Waals surface area contributed by atoms with E-state index in [4.69, 9.17) is 17.3 Å². The SMILES string of the molecule is CC(Cn1c(N)nc2cc(Cl)cnc21)N1CCCC1. The van der Waals surface area contributed by atoms with Crippen molar-refractivity contribution >= 4 is 28.7 Å². The number of imidazole rings is 1. The summed E-state index contributed by atoms with van der Waals surface area (Å²) >= 11 is 5.93. The number of rotatable bonds is 3. The lowest BCUT2D eigenvalue weighted by molar-refractivity contribution is 0.238. The third kappa shape index (κ3) is 2.40. The van der Waals surface area contributed by atoms with Crippen LogP contribution in [0.2, 0.25) is 5.02 Å². The number of likely N-dealkylation sites (tertiary alicyclic amines) is 1. The Morgan fingerprint density at radius 3 is 2.89 bits per heavy atom. The number of hydrogen-bond acceptors (Lipinski definition) is 4. The van der Waals surface area contributed by atoms with Gasteiger partial charge in [0.2, 0.25) is 5.95 Å². The van der Waals surface area contributed by atoms with E-state index in [1.54, 1.807) is 12.3 Å². The van der Waals surface area contributed by atoms with Crippen molar-refractivity contribution in [3.05, 3.63) is 17.3 Å². The van der Waals surface area contributed by atoms with Crippen molar-refractivity contribution < 1.29 is 0 Å². The number of fused-ring (bicyclic) bond motifs is 1. The second-order valence-corrected chi connectivity index (χ2v) is 5.61. The monoisotopic (exact) mass is 279 g/mol. The molecule has 1 unspecified atom stereocenters. The van der Waals surface area contributed by atoms with E-state index in [-0.39, 0.29) is 0 Å². The number of hydrogen-bond donors (Lipinski definition) is 1. The standard InChI is InChI=1S/C13H18ClN5/c1-9(18-4-2-3-5-18)8-19-12-11(17-13(19)15)6-10(14)7-16-12/h6-7,9H,2-5,8H2,1H3,(H2,15,17). The van der Waals surface area contributed by atoms with Gasteiger partial charge in [0.15, 0.2) is 5.65 Å². The zero-order chi connectivity index (χ0) is 13.4. The molecule has 0 spiro atoms. The van der Waals surface area contributed by atoms with Crippen molar-refractivity contribution in [2.45, 2.75) is 32.4 Å². The first kappa shape index (κ1) is 12.7. The molecule has 0 radical (unpaired) electrons. The molecule has 102 valence electrons. The summed E-state index contributed by atoms with van der Waals surface area (Å²) in [6, 6.07) is 2.25. The van der Waals surface area contributed by atoms with Gasteiger partial charge in [-0.2, -0.15) is 0 Å². The first-order chi connectivity index (χ1) is 9.15. The van der Waals surface area contributed by atoms with E-state index in [1.807, 2.05) is 4.57 Å². The van der Waals surface area contributed by atoms with Crippen molar-refractivity contribution in [2.24, 2.45) is 0 Å². The summed E-state index contributed by atoms with van der Waals surface area (Å²) in [5.41, 5.74) is 7.58. The fourth-order valence-corrected chi connectivity index (χ4v) is 2.90. The van der Waals surface area contributed by atoms with E-state index in [0.29, 0.717) is 17.0 Å². The van der Waals surface area contributed by atoms with Crippen LogP contribution in [0.1, 0.15) is 19.8 Å². The maximum absolute atomic E-state index is 6.00. The van der Waals surface area contributed by atoms with Crippen molar-refractivity contribution in [3.8, 4) is 0 Å². The lowest BCUT2D eigenvalue weighted by atomic mass is 10.3. The van der Waals surface area contributed by atoms with Gasteiger partial charge >= 0.3 is 0 Å². The van der Waals surface area contributed by atoms with Crippen LogP contribution < -0.4 is 5.73 Å². The summed E-state index contributed by atoms with van der Waals surface area (Å²) in [5, 5.41) is 0.588. The summed E-state index contributed by atoms with van der Waals surface area (Å²) < 4.78 is 1.98. The molecule has 0 aliphatic carbocycles. The van der Waals surface area contributed by atoms with Crippen LogP contribution in [0.5, 0.6) is 0 Å². The highest BCUT2D eigenvalue weighted by Crippen LogP contribution is 2.21. The molecule has 1 atom stereocenters. The van der Waals surface area contributed by atoms with Crippen LogP contribution in [0.3, 0.4) is 0 Å². The van der Waals surface area contributed by atoms with Gasteiger partial charge in [-0.05, 0) is 38.9 Å². The molecular weight excluding hydrogens is 262 g/mol. The van der Waals surface area contributed by atoms with Gasteiger partial charge in [-0.3, -0.25) is 9.47 Å². The third-order valence-corrected chi connectivity index (χ3v) is 4.00.